The van der Waals surface area contributed by atoms with E-state index in [1.807, 2.05) is 6.92 Å². The van der Waals surface area contributed by atoms with E-state index in [0.717, 1.165) is 13.0 Å². The van der Waals surface area contributed by atoms with Gasteiger partial charge in [0.05, 0.1) is 12.7 Å². The summed E-state index contributed by atoms with van der Waals surface area (Å²) in [5.74, 6) is 0. The van der Waals surface area contributed by atoms with Crippen LogP contribution in [0.2, 0.25) is 0 Å². The maximum Gasteiger partial charge on any atom is 0.0592 e. The van der Waals surface area contributed by atoms with Gasteiger partial charge < -0.3 is 15.2 Å². The fourth-order valence-electron chi connectivity index (χ4n) is 0.636. The third-order valence-electron chi connectivity index (χ3n) is 1.25. The van der Waals surface area contributed by atoms with Crippen LogP contribution in [0.5, 0.6) is 0 Å². The lowest BCUT2D eigenvalue weighted by Crippen LogP contribution is -2.16. The van der Waals surface area contributed by atoms with Crippen LogP contribution in [0.25, 0.3) is 0 Å². The van der Waals surface area contributed by atoms with Crippen LogP contribution in [0.15, 0.2) is 0 Å². The Hall–Kier alpha value is -0.120. The van der Waals surface area contributed by atoms with Gasteiger partial charge in [0.1, 0.15) is 0 Å². The average molecular weight is 147 g/mol. The third-order valence-corrected chi connectivity index (χ3v) is 1.25. The lowest BCUT2D eigenvalue weighted by Gasteiger charge is -2.10. The number of hydrogen-bond acceptors (Lipinski definition) is 3. The van der Waals surface area contributed by atoms with Gasteiger partial charge in [0.2, 0.25) is 0 Å². The summed E-state index contributed by atoms with van der Waals surface area (Å²) in [6, 6.07) is 0. The molecule has 3 heteroatoms. The molecule has 1 unspecified atom stereocenters. The van der Waals surface area contributed by atoms with Crippen LogP contribution in [0, 0.1) is 0 Å². The van der Waals surface area contributed by atoms with Gasteiger partial charge >= 0.3 is 0 Å². The molecule has 1 atom stereocenters. The minimum atomic E-state index is 0.267. The summed E-state index contributed by atoms with van der Waals surface area (Å²) in [4.78, 5) is 0. The minimum Gasteiger partial charge on any atom is -0.385 e. The molecule has 0 rings (SSSR count). The van der Waals surface area contributed by atoms with Crippen LogP contribution in [0.4, 0.5) is 0 Å². The van der Waals surface area contributed by atoms with Gasteiger partial charge in [0.15, 0.2) is 0 Å². The second-order valence-electron chi connectivity index (χ2n) is 2.25. The summed E-state index contributed by atoms with van der Waals surface area (Å²) in [6.07, 6.45) is 1.21. The molecule has 0 aliphatic carbocycles. The van der Waals surface area contributed by atoms with E-state index in [1.54, 1.807) is 7.11 Å². The van der Waals surface area contributed by atoms with E-state index < -0.39 is 0 Å². The Morgan fingerprint density at radius 3 is 2.60 bits per heavy atom. The van der Waals surface area contributed by atoms with Crippen LogP contribution in [-0.2, 0) is 9.47 Å². The molecule has 0 spiro atoms. The number of rotatable bonds is 6. The van der Waals surface area contributed by atoms with E-state index in [4.69, 9.17) is 15.2 Å². The molecule has 10 heavy (non-hydrogen) atoms. The van der Waals surface area contributed by atoms with Crippen LogP contribution in [0.1, 0.15) is 13.3 Å². The molecule has 0 aromatic carbocycles. The van der Waals surface area contributed by atoms with Crippen molar-refractivity contribution in [3.8, 4) is 0 Å². The van der Waals surface area contributed by atoms with Crippen molar-refractivity contribution in [2.24, 2.45) is 5.73 Å². The van der Waals surface area contributed by atoms with E-state index in [0.29, 0.717) is 13.2 Å². The Balaban J connectivity index is 3.00. The monoisotopic (exact) mass is 147 g/mol. The first-order valence-corrected chi connectivity index (χ1v) is 3.62. The SMILES string of the molecule is COCCC(C)OCCN. The van der Waals surface area contributed by atoms with Crippen molar-refractivity contribution >= 4 is 0 Å². The molecule has 0 amide bonds. The van der Waals surface area contributed by atoms with E-state index in [-0.39, 0.29) is 6.10 Å². The van der Waals surface area contributed by atoms with Crippen LogP contribution in [-0.4, -0.2) is 33.0 Å². The maximum atomic E-state index is 5.29. The van der Waals surface area contributed by atoms with Crippen molar-refractivity contribution in [1.29, 1.82) is 0 Å². The molecule has 0 aliphatic heterocycles. The lowest BCUT2D eigenvalue weighted by molar-refractivity contribution is 0.0455. The first kappa shape index (κ1) is 9.88. The summed E-state index contributed by atoms with van der Waals surface area (Å²) < 4.78 is 10.2. The lowest BCUT2D eigenvalue weighted by atomic mass is 10.3. The molecule has 0 aromatic heterocycles. The van der Waals surface area contributed by atoms with E-state index in [2.05, 4.69) is 0 Å². The summed E-state index contributed by atoms with van der Waals surface area (Å²) in [7, 11) is 1.69. The Morgan fingerprint density at radius 1 is 1.40 bits per heavy atom. The summed E-state index contributed by atoms with van der Waals surface area (Å²) in [5.41, 5.74) is 5.25. The maximum absolute atomic E-state index is 5.29. The van der Waals surface area contributed by atoms with Crippen molar-refractivity contribution in [3.05, 3.63) is 0 Å². The van der Waals surface area contributed by atoms with Crippen LogP contribution < -0.4 is 5.73 Å². The smallest absolute Gasteiger partial charge is 0.0592 e. The highest BCUT2D eigenvalue weighted by atomic mass is 16.5. The molecule has 62 valence electrons. The molecule has 2 N–H and O–H groups in total. The molecule has 0 heterocycles. The van der Waals surface area contributed by atoms with Crippen LogP contribution >= 0.6 is 0 Å². The largest absolute Gasteiger partial charge is 0.385 e. The number of nitrogens with two attached hydrogens (primary N) is 1. The molecule has 0 saturated heterocycles. The van der Waals surface area contributed by atoms with Crippen molar-refractivity contribution in [3.63, 3.8) is 0 Å². The zero-order valence-corrected chi connectivity index (χ0v) is 6.80. The van der Waals surface area contributed by atoms with Gasteiger partial charge in [-0.2, -0.15) is 0 Å². The Labute approximate surface area is 62.5 Å². The molecule has 3 nitrogen and oxygen atoms in total. The Bertz CT molecular complexity index is 60.6. The number of methoxy groups -OCH3 is 1. The fraction of sp³-hybridized carbons (Fsp3) is 1.00. The summed E-state index contributed by atoms with van der Waals surface area (Å²) in [6.45, 7) is 4.02. The Kier molecular flexibility index (Phi) is 6.91. The highest BCUT2D eigenvalue weighted by Gasteiger charge is 1.99. The molecule has 0 fully saturated rings. The molecule has 0 bridgehead atoms. The Morgan fingerprint density at radius 2 is 2.10 bits per heavy atom. The van der Waals surface area contributed by atoms with Crippen molar-refractivity contribution in [1.82, 2.24) is 0 Å². The molecule has 0 radical (unpaired) electrons. The molecule has 0 aliphatic rings. The van der Waals surface area contributed by atoms with Crippen molar-refractivity contribution < 1.29 is 9.47 Å². The van der Waals surface area contributed by atoms with Gasteiger partial charge in [0.25, 0.3) is 0 Å². The normalized spacial score (nSPS) is 13.5. The quantitative estimate of drug-likeness (QED) is 0.591. The van der Waals surface area contributed by atoms with Gasteiger partial charge in [-0.25, -0.2) is 0 Å². The molecule has 0 saturated carbocycles. The molecule has 0 aromatic rings. The first-order chi connectivity index (χ1) is 4.81. The second-order valence-corrected chi connectivity index (χ2v) is 2.25. The predicted molar refractivity (Wildman–Crippen MR) is 41.0 cm³/mol. The van der Waals surface area contributed by atoms with Gasteiger partial charge in [-0.1, -0.05) is 0 Å². The third kappa shape index (κ3) is 6.01. The topological polar surface area (TPSA) is 44.5 Å². The summed E-state index contributed by atoms with van der Waals surface area (Å²) >= 11 is 0. The highest BCUT2D eigenvalue weighted by Crippen LogP contribution is 1.95. The average Bonchev–Trinajstić information content (AvgIpc) is 1.97. The summed E-state index contributed by atoms with van der Waals surface area (Å²) in [5, 5.41) is 0. The number of ether oxygens (including phenoxy) is 2. The van der Waals surface area contributed by atoms with Gasteiger partial charge in [-0.3, -0.25) is 0 Å². The van der Waals surface area contributed by atoms with E-state index >= 15 is 0 Å². The molecular formula is C7H17NO2. The van der Waals surface area contributed by atoms with Gasteiger partial charge in [0, 0.05) is 20.3 Å². The van der Waals surface area contributed by atoms with Gasteiger partial charge in [-0.05, 0) is 13.3 Å². The van der Waals surface area contributed by atoms with E-state index in [9.17, 15) is 0 Å². The fourth-order valence-corrected chi connectivity index (χ4v) is 0.636. The second kappa shape index (κ2) is 6.99. The minimum absolute atomic E-state index is 0.267. The van der Waals surface area contributed by atoms with Crippen molar-refractivity contribution in [2.75, 3.05) is 26.9 Å². The predicted octanol–water partition coefficient (Wildman–Crippen LogP) is 0.387. The first-order valence-electron chi connectivity index (χ1n) is 3.62. The van der Waals surface area contributed by atoms with Crippen molar-refractivity contribution in [2.45, 2.75) is 19.4 Å². The van der Waals surface area contributed by atoms with E-state index in [1.165, 1.54) is 0 Å². The zero-order valence-electron chi connectivity index (χ0n) is 6.80. The van der Waals surface area contributed by atoms with Crippen LogP contribution in [0.3, 0.4) is 0 Å². The standard InChI is InChI=1S/C7H17NO2/c1-7(3-5-9-2)10-6-4-8/h7H,3-6,8H2,1-2H3. The number of hydrogen-bond donors (Lipinski definition) is 1. The highest BCUT2D eigenvalue weighted by molar-refractivity contribution is 4.48. The van der Waals surface area contributed by atoms with Gasteiger partial charge in [-0.15, -0.1) is 0 Å². The zero-order chi connectivity index (χ0) is 7.82. The molecular weight excluding hydrogens is 130 g/mol.